The highest BCUT2D eigenvalue weighted by atomic mass is 79.9. The van der Waals surface area contributed by atoms with E-state index < -0.39 is 10.8 Å². The lowest BCUT2D eigenvalue weighted by Crippen LogP contribution is -2.21. The zero-order valence-corrected chi connectivity index (χ0v) is 16.2. The van der Waals surface area contributed by atoms with Crippen LogP contribution in [0.15, 0.2) is 35.1 Å². The Morgan fingerprint density at radius 2 is 2.04 bits per heavy atom. The maximum absolute atomic E-state index is 12.2. The van der Waals surface area contributed by atoms with Gasteiger partial charge in [0.1, 0.15) is 17.3 Å². The first-order chi connectivity index (χ1) is 12.8. The number of rotatable bonds is 6. The van der Waals surface area contributed by atoms with Gasteiger partial charge >= 0.3 is 5.82 Å². The predicted octanol–water partition coefficient (Wildman–Crippen LogP) is 2.45. The van der Waals surface area contributed by atoms with Gasteiger partial charge in [-0.25, -0.2) is 9.67 Å². The molecule has 0 aliphatic rings. The van der Waals surface area contributed by atoms with Crippen molar-refractivity contribution in [2.45, 2.75) is 26.9 Å². The van der Waals surface area contributed by atoms with Gasteiger partial charge in [-0.3, -0.25) is 10.1 Å². The molecule has 2 aromatic heterocycles. The lowest BCUT2D eigenvalue weighted by molar-refractivity contribution is -0.390. The molecule has 0 unspecified atom stereocenters. The second kappa shape index (κ2) is 7.66. The SMILES string of the molecule is Cc1ccccc1Cn1cnc(NC(=O)Cn2nc([N+](=O)[O-])c(Br)c2C)n1. The summed E-state index contributed by atoms with van der Waals surface area (Å²) in [5.74, 6) is -0.607. The van der Waals surface area contributed by atoms with Crippen LogP contribution in [-0.4, -0.2) is 35.4 Å². The predicted molar refractivity (Wildman–Crippen MR) is 100 cm³/mol. The molecule has 0 bridgehead atoms. The van der Waals surface area contributed by atoms with E-state index in [0.29, 0.717) is 12.2 Å². The molecule has 1 N–H and O–H groups in total. The minimum Gasteiger partial charge on any atom is -0.358 e. The Labute approximate surface area is 162 Å². The fourth-order valence-electron chi connectivity index (χ4n) is 2.47. The summed E-state index contributed by atoms with van der Waals surface area (Å²) >= 11 is 3.11. The van der Waals surface area contributed by atoms with Crippen molar-refractivity contribution in [1.82, 2.24) is 24.5 Å². The molecule has 0 spiro atoms. The molecule has 140 valence electrons. The van der Waals surface area contributed by atoms with E-state index in [4.69, 9.17) is 0 Å². The fourth-order valence-corrected chi connectivity index (χ4v) is 2.90. The summed E-state index contributed by atoms with van der Waals surface area (Å²) in [5.41, 5.74) is 2.72. The Morgan fingerprint density at radius 3 is 2.70 bits per heavy atom. The number of nitrogens with zero attached hydrogens (tertiary/aromatic N) is 6. The van der Waals surface area contributed by atoms with Gasteiger partial charge in [0.05, 0.1) is 17.3 Å². The van der Waals surface area contributed by atoms with Crippen LogP contribution >= 0.6 is 15.9 Å². The number of carbonyl (C=O) groups is 1. The van der Waals surface area contributed by atoms with E-state index in [1.54, 1.807) is 11.6 Å². The van der Waals surface area contributed by atoms with Gasteiger partial charge in [-0.1, -0.05) is 24.3 Å². The first-order valence-electron chi connectivity index (χ1n) is 7.96. The van der Waals surface area contributed by atoms with E-state index in [1.165, 1.54) is 11.0 Å². The van der Waals surface area contributed by atoms with Crippen molar-refractivity contribution >= 4 is 33.6 Å². The second-order valence-electron chi connectivity index (χ2n) is 5.88. The van der Waals surface area contributed by atoms with Crippen LogP contribution in [0.1, 0.15) is 16.8 Å². The molecule has 3 rings (SSSR count). The zero-order chi connectivity index (χ0) is 19.6. The number of benzene rings is 1. The van der Waals surface area contributed by atoms with E-state index >= 15 is 0 Å². The summed E-state index contributed by atoms with van der Waals surface area (Å²) in [6.07, 6.45) is 1.53. The lowest BCUT2D eigenvalue weighted by Gasteiger charge is -2.04. The molecular weight excluding hydrogens is 418 g/mol. The van der Waals surface area contributed by atoms with Crippen molar-refractivity contribution in [1.29, 1.82) is 0 Å². The molecule has 10 nitrogen and oxygen atoms in total. The van der Waals surface area contributed by atoms with E-state index in [0.717, 1.165) is 11.1 Å². The normalized spacial score (nSPS) is 10.8. The highest BCUT2D eigenvalue weighted by molar-refractivity contribution is 9.10. The summed E-state index contributed by atoms with van der Waals surface area (Å²) < 4.78 is 3.13. The van der Waals surface area contributed by atoms with Crippen LogP contribution in [0.4, 0.5) is 11.8 Å². The third-order valence-corrected chi connectivity index (χ3v) is 4.89. The van der Waals surface area contributed by atoms with Gasteiger partial charge < -0.3 is 10.1 Å². The Kier molecular flexibility index (Phi) is 5.31. The quantitative estimate of drug-likeness (QED) is 0.470. The minimum atomic E-state index is -0.611. The van der Waals surface area contributed by atoms with Gasteiger partial charge in [-0.05, 0) is 45.8 Å². The van der Waals surface area contributed by atoms with Crippen LogP contribution in [0.5, 0.6) is 0 Å². The Bertz CT molecular complexity index is 1010. The number of anilines is 1. The van der Waals surface area contributed by atoms with Gasteiger partial charge in [0, 0.05) is 0 Å². The third kappa shape index (κ3) is 4.19. The molecule has 0 aliphatic carbocycles. The van der Waals surface area contributed by atoms with Crippen molar-refractivity contribution in [3.8, 4) is 0 Å². The molecule has 0 atom stereocenters. The van der Waals surface area contributed by atoms with E-state index in [-0.39, 0.29) is 22.8 Å². The van der Waals surface area contributed by atoms with Crippen LogP contribution in [0.25, 0.3) is 0 Å². The summed E-state index contributed by atoms with van der Waals surface area (Å²) in [6, 6.07) is 7.93. The number of carbonyl (C=O) groups excluding carboxylic acids is 1. The van der Waals surface area contributed by atoms with Crippen molar-refractivity contribution < 1.29 is 9.72 Å². The number of aromatic nitrogens is 5. The van der Waals surface area contributed by atoms with Crippen LogP contribution in [0.2, 0.25) is 0 Å². The average Bonchev–Trinajstić information content (AvgIpc) is 3.16. The van der Waals surface area contributed by atoms with E-state index in [2.05, 4.69) is 36.4 Å². The first kappa shape index (κ1) is 18.7. The van der Waals surface area contributed by atoms with Crippen molar-refractivity contribution in [3.63, 3.8) is 0 Å². The maximum Gasteiger partial charge on any atom is 0.404 e. The molecule has 0 saturated carbocycles. The van der Waals surface area contributed by atoms with E-state index in [1.807, 2.05) is 31.2 Å². The molecule has 2 heterocycles. The zero-order valence-electron chi connectivity index (χ0n) is 14.6. The fraction of sp³-hybridized carbons (Fsp3) is 0.250. The summed E-state index contributed by atoms with van der Waals surface area (Å²) in [7, 11) is 0. The van der Waals surface area contributed by atoms with Crippen molar-refractivity contribution in [2.75, 3.05) is 5.32 Å². The van der Waals surface area contributed by atoms with Gasteiger partial charge in [-0.2, -0.15) is 4.68 Å². The largest absolute Gasteiger partial charge is 0.404 e. The summed E-state index contributed by atoms with van der Waals surface area (Å²) in [5, 5.41) is 21.5. The number of hydrogen-bond donors (Lipinski definition) is 1. The molecule has 0 aliphatic heterocycles. The van der Waals surface area contributed by atoms with E-state index in [9.17, 15) is 14.9 Å². The van der Waals surface area contributed by atoms with Crippen LogP contribution in [0.3, 0.4) is 0 Å². The maximum atomic E-state index is 12.2. The molecule has 0 fully saturated rings. The highest BCUT2D eigenvalue weighted by Gasteiger charge is 2.24. The Morgan fingerprint density at radius 1 is 1.30 bits per heavy atom. The van der Waals surface area contributed by atoms with Crippen LogP contribution in [0, 0.1) is 24.0 Å². The molecule has 11 heteroatoms. The molecule has 3 aromatic rings. The second-order valence-corrected chi connectivity index (χ2v) is 6.67. The van der Waals surface area contributed by atoms with Gasteiger partial charge in [0.15, 0.2) is 0 Å². The first-order valence-corrected chi connectivity index (χ1v) is 8.75. The molecular formula is C16H16BrN7O3. The minimum absolute atomic E-state index is 0.159. The number of nitro groups is 1. The van der Waals surface area contributed by atoms with Crippen LogP contribution < -0.4 is 5.32 Å². The number of amides is 1. The smallest absolute Gasteiger partial charge is 0.358 e. The van der Waals surface area contributed by atoms with Crippen molar-refractivity contribution in [3.05, 3.63) is 62.0 Å². The molecule has 0 saturated heterocycles. The Balaban J connectivity index is 1.66. The third-order valence-electron chi connectivity index (χ3n) is 3.96. The number of halogens is 1. The topological polar surface area (TPSA) is 121 Å². The number of nitrogens with one attached hydrogen (secondary N) is 1. The van der Waals surface area contributed by atoms with Gasteiger partial charge in [0.25, 0.3) is 5.91 Å². The summed E-state index contributed by atoms with van der Waals surface area (Å²) in [4.78, 5) is 26.6. The molecule has 0 radical (unpaired) electrons. The molecule has 27 heavy (non-hydrogen) atoms. The van der Waals surface area contributed by atoms with Gasteiger partial charge in [-0.15, -0.1) is 5.10 Å². The molecule has 1 amide bonds. The van der Waals surface area contributed by atoms with Crippen molar-refractivity contribution in [2.24, 2.45) is 0 Å². The Hall–Kier alpha value is -3.08. The number of hydrogen-bond acceptors (Lipinski definition) is 6. The lowest BCUT2D eigenvalue weighted by atomic mass is 10.1. The van der Waals surface area contributed by atoms with Crippen LogP contribution in [-0.2, 0) is 17.9 Å². The van der Waals surface area contributed by atoms with Gasteiger partial charge in [0.2, 0.25) is 5.95 Å². The monoisotopic (exact) mass is 433 g/mol. The average molecular weight is 434 g/mol. The molecule has 1 aromatic carbocycles. The number of aryl methyl sites for hydroxylation is 1. The standard InChI is InChI=1S/C16H16BrN7O3/c1-10-5-3-4-6-12(10)7-22-9-18-16(21-22)19-13(25)8-23-11(2)14(17)15(20-23)24(26)27/h3-6,9H,7-8H2,1-2H3,(H,19,21,25). The summed E-state index contributed by atoms with van der Waals surface area (Å²) in [6.45, 7) is 3.99. The highest BCUT2D eigenvalue weighted by Crippen LogP contribution is 2.26.